The Kier molecular flexibility index (Phi) is 3.64. The molecule has 0 spiro atoms. The largest absolute Gasteiger partial charge is 0.457 e. The zero-order chi connectivity index (χ0) is 13.6. The Hall–Kier alpha value is -2.75. The number of hydrogen-bond acceptors (Lipinski definition) is 4. The number of oxime groups is 1. The van der Waals surface area contributed by atoms with Gasteiger partial charge in [-0.1, -0.05) is 36.4 Å². The maximum absolute atomic E-state index is 5.78. The molecule has 0 radical (unpaired) electrons. The normalized spacial score (nSPS) is 13.6. The summed E-state index contributed by atoms with van der Waals surface area (Å²) in [6, 6.07) is 16.4. The van der Waals surface area contributed by atoms with Crippen molar-refractivity contribution in [3.05, 3.63) is 72.0 Å². The summed E-state index contributed by atoms with van der Waals surface area (Å²) in [5.74, 6) is 1.98. The van der Waals surface area contributed by atoms with Gasteiger partial charge in [-0.25, -0.2) is 0 Å². The predicted octanol–water partition coefficient (Wildman–Crippen LogP) is 3.83. The predicted molar refractivity (Wildman–Crippen MR) is 75.6 cm³/mol. The van der Waals surface area contributed by atoms with Gasteiger partial charge in [-0.2, -0.15) is 4.99 Å². The lowest BCUT2D eigenvalue weighted by molar-refractivity contribution is -0.251. The maximum Gasteiger partial charge on any atom is 0.147 e. The highest BCUT2D eigenvalue weighted by Gasteiger charge is 2.14. The first-order valence-electron chi connectivity index (χ1n) is 6.28. The minimum absolute atomic E-state index is 0.979. The van der Waals surface area contributed by atoms with Crippen molar-refractivity contribution in [1.82, 2.24) is 0 Å². The molecule has 2 aromatic rings. The highest BCUT2D eigenvalue weighted by atomic mass is 17.3. The van der Waals surface area contributed by atoms with E-state index in [2.05, 4.69) is 39.3 Å². The van der Waals surface area contributed by atoms with Gasteiger partial charge in [0.05, 0.1) is 6.21 Å². The van der Waals surface area contributed by atoms with Crippen LogP contribution in [0.2, 0.25) is 0 Å². The molecular formula is C16H13NO3. The fourth-order valence-electron chi connectivity index (χ4n) is 2.00. The quantitative estimate of drug-likeness (QED) is 0.581. The number of allylic oxidation sites excluding steroid dienone is 1. The van der Waals surface area contributed by atoms with E-state index in [0.29, 0.717) is 0 Å². The van der Waals surface area contributed by atoms with Gasteiger partial charge in [0.25, 0.3) is 0 Å². The van der Waals surface area contributed by atoms with Crippen LogP contribution in [0.4, 0.5) is 0 Å². The Bertz CT molecular complexity index is 550. The van der Waals surface area contributed by atoms with Gasteiger partial charge in [0, 0.05) is 6.42 Å². The zero-order valence-corrected chi connectivity index (χ0v) is 10.7. The van der Waals surface area contributed by atoms with Crippen LogP contribution >= 0.6 is 0 Å². The first-order valence-corrected chi connectivity index (χ1v) is 6.28. The second-order valence-corrected chi connectivity index (χ2v) is 4.25. The Morgan fingerprint density at radius 2 is 1.50 bits per heavy atom. The summed E-state index contributed by atoms with van der Waals surface area (Å²) in [6.07, 6.45) is 5.49. The van der Waals surface area contributed by atoms with E-state index in [4.69, 9.17) is 4.74 Å². The Morgan fingerprint density at radius 3 is 1.95 bits per heavy atom. The summed E-state index contributed by atoms with van der Waals surface area (Å²) in [5.41, 5.74) is 2.54. The van der Waals surface area contributed by atoms with Crippen LogP contribution in [0.1, 0.15) is 11.1 Å². The average molecular weight is 267 g/mol. The molecule has 0 amide bonds. The highest BCUT2D eigenvalue weighted by Crippen LogP contribution is 2.35. The summed E-state index contributed by atoms with van der Waals surface area (Å²) in [4.78, 5) is 8.24. The van der Waals surface area contributed by atoms with Crippen LogP contribution in [0.25, 0.3) is 0 Å². The van der Waals surface area contributed by atoms with Gasteiger partial charge >= 0.3 is 0 Å². The third-order valence-corrected chi connectivity index (χ3v) is 2.91. The number of rotatable bonds is 0. The summed E-state index contributed by atoms with van der Waals surface area (Å²) >= 11 is 0. The van der Waals surface area contributed by atoms with Gasteiger partial charge < -0.3 is 4.74 Å². The molecule has 0 N–H and O–H groups in total. The topological polar surface area (TPSA) is 40.0 Å². The molecule has 4 rings (SSSR count). The van der Waals surface area contributed by atoms with Crippen molar-refractivity contribution in [2.24, 2.45) is 5.16 Å². The Labute approximate surface area is 116 Å². The van der Waals surface area contributed by atoms with E-state index in [1.165, 1.54) is 23.6 Å². The Balaban J connectivity index is 0.000000170. The van der Waals surface area contributed by atoms with Gasteiger partial charge in [0.1, 0.15) is 17.8 Å². The van der Waals surface area contributed by atoms with Crippen LogP contribution in [0.3, 0.4) is 0 Å². The second-order valence-electron chi connectivity index (χ2n) is 4.25. The smallest absolute Gasteiger partial charge is 0.147 e. The van der Waals surface area contributed by atoms with Crippen LogP contribution in [0.5, 0.6) is 11.5 Å². The van der Waals surface area contributed by atoms with Crippen LogP contribution in [-0.4, -0.2) is 6.21 Å². The summed E-state index contributed by atoms with van der Waals surface area (Å²) < 4.78 is 5.78. The lowest BCUT2D eigenvalue weighted by Gasteiger charge is -2.19. The van der Waals surface area contributed by atoms with Crippen molar-refractivity contribution < 1.29 is 14.6 Å². The molecule has 4 nitrogen and oxygen atoms in total. The van der Waals surface area contributed by atoms with Crippen LogP contribution < -0.4 is 4.74 Å². The van der Waals surface area contributed by atoms with Crippen LogP contribution in [-0.2, 0) is 16.3 Å². The molecule has 0 unspecified atom stereocenters. The molecule has 0 fully saturated rings. The minimum atomic E-state index is 0.979. The molecular weight excluding hydrogens is 254 g/mol. The van der Waals surface area contributed by atoms with E-state index >= 15 is 0 Å². The molecule has 2 aliphatic heterocycles. The SMILES string of the molecule is C1=COON=C1.c1ccc2c(c1)Cc1ccccc1O2. The lowest BCUT2D eigenvalue weighted by Crippen LogP contribution is -2.01. The van der Waals surface area contributed by atoms with Gasteiger partial charge in [-0.05, 0) is 34.5 Å². The van der Waals surface area contributed by atoms with Gasteiger partial charge in [0.2, 0.25) is 0 Å². The zero-order valence-electron chi connectivity index (χ0n) is 10.7. The van der Waals surface area contributed by atoms with Crippen molar-refractivity contribution >= 4 is 6.21 Å². The van der Waals surface area contributed by atoms with Crippen LogP contribution in [0.15, 0.2) is 66.0 Å². The standard InChI is InChI=1S/C13H10O.C3H3NO2/c1-3-7-12-10(5-1)9-11-6-2-4-8-13(11)14-12;1-2-4-6-5-3-1/h1-8H,9H2;1-3H. The molecule has 4 heteroatoms. The van der Waals surface area contributed by atoms with E-state index in [-0.39, 0.29) is 0 Å². The van der Waals surface area contributed by atoms with Crippen molar-refractivity contribution in [2.45, 2.75) is 6.42 Å². The molecule has 0 saturated carbocycles. The molecule has 0 saturated heterocycles. The molecule has 0 aliphatic carbocycles. The second kappa shape index (κ2) is 5.93. The fraction of sp³-hybridized carbons (Fsp3) is 0.0625. The minimum Gasteiger partial charge on any atom is -0.457 e. The van der Waals surface area contributed by atoms with Crippen LogP contribution in [0, 0.1) is 0 Å². The third-order valence-electron chi connectivity index (χ3n) is 2.91. The number of nitrogens with zero attached hydrogens (tertiary/aromatic N) is 1. The van der Waals surface area contributed by atoms with E-state index < -0.39 is 0 Å². The Morgan fingerprint density at radius 1 is 0.850 bits per heavy atom. The van der Waals surface area contributed by atoms with Crippen molar-refractivity contribution in [3.63, 3.8) is 0 Å². The molecule has 0 aromatic heterocycles. The van der Waals surface area contributed by atoms with Gasteiger partial charge in [-0.3, -0.25) is 4.89 Å². The monoisotopic (exact) mass is 267 g/mol. The van der Waals surface area contributed by atoms with E-state index in [1.807, 2.05) is 24.3 Å². The molecule has 0 atom stereocenters. The summed E-state index contributed by atoms with van der Waals surface area (Å²) in [7, 11) is 0. The van der Waals surface area contributed by atoms with Gasteiger partial charge in [-0.15, -0.1) is 0 Å². The highest BCUT2D eigenvalue weighted by molar-refractivity contribution is 5.70. The third kappa shape index (κ3) is 2.80. The molecule has 2 aliphatic rings. The fourth-order valence-corrected chi connectivity index (χ4v) is 2.00. The molecule has 100 valence electrons. The number of fused-ring (bicyclic) bond motifs is 2. The van der Waals surface area contributed by atoms with Crippen molar-refractivity contribution in [2.75, 3.05) is 0 Å². The molecule has 2 aromatic carbocycles. The first kappa shape index (κ1) is 12.3. The number of hydrogen-bond donors (Lipinski definition) is 0. The average Bonchev–Trinajstić information content (AvgIpc) is 2.55. The molecule has 20 heavy (non-hydrogen) atoms. The lowest BCUT2D eigenvalue weighted by atomic mass is 10.0. The maximum atomic E-state index is 5.78. The van der Waals surface area contributed by atoms with E-state index in [0.717, 1.165) is 17.9 Å². The summed E-state index contributed by atoms with van der Waals surface area (Å²) in [5, 5.41) is 3.24. The number of para-hydroxylation sites is 2. The summed E-state index contributed by atoms with van der Waals surface area (Å²) in [6.45, 7) is 0. The van der Waals surface area contributed by atoms with Gasteiger partial charge in [0.15, 0.2) is 0 Å². The van der Waals surface area contributed by atoms with Crippen molar-refractivity contribution in [3.8, 4) is 11.5 Å². The van der Waals surface area contributed by atoms with E-state index in [1.54, 1.807) is 6.08 Å². The number of ether oxygens (including phenoxy) is 1. The van der Waals surface area contributed by atoms with E-state index in [9.17, 15) is 0 Å². The molecule has 2 heterocycles. The van der Waals surface area contributed by atoms with Crippen molar-refractivity contribution in [1.29, 1.82) is 0 Å². The first-order chi connectivity index (χ1) is 9.93. The molecule has 0 bridgehead atoms. The number of benzene rings is 2.